The molecule has 10 nitrogen and oxygen atoms in total. The molecule has 1 saturated heterocycles. The first-order chi connectivity index (χ1) is 22.8. The lowest BCUT2D eigenvalue weighted by molar-refractivity contribution is 0.159. The third-order valence-corrected chi connectivity index (χ3v) is 8.46. The van der Waals surface area contributed by atoms with E-state index in [4.69, 9.17) is 14.6 Å². The second-order valence-corrected chi connectivity index (χ2v) is 11.6. The second-order valence-electron chi connectivity index (χ2n) is 11.6. The highest BCUT2D eigenvalue weighted by Gasteiger charge is 2.35. The Morgan fingerprint density at radius 2 is 1.79 bits per heavy atom. The summed E-state index contributed by atoms with van der Waals surface area (Å²) in [5.41, 5.74) is 4.70. The van der Waals surface area contributed by atoms with Crippen molar-refractivity contribution in [3.05, 3.63) is 114 Å². The number of urea groups is 1. The third kappa shape index (κ3) is 7.18. The van der Waals surface area contributed by atoms with Crippen LogP contribution in [0.3, 0.4) is 0 Å². The zero-order chi connectivity index (χ0) is 32.9. The van der Waals surface area contributed by atoms with Gasteiger partial charge in [0.1, 0.15) is 17.3 Å². The van der Waals surface area contributed by atoms with Gasteiger partial charge in [-0.1, -0.05) is 36.4 Å². The summed E-state index contributed by atoms with van der Waals surface area (Å²) in [6.07, 6.45) is 3.69. The van der Waals surface area contributed by atoms with Gasteiger partial charge in [0, 0.05) is 50.0 Å². The Morgan fingerprint density at radius 1 is 1.00 bits per heavy atom. The van der Waals surface area contributed by atoms with Crippen molar-refractivity contribution in [3.63, 3.8) is 0 Å². The molecule has 3 heterocycles. The van der Waals surface area contributed by atoms with Crippen molar-refractivity contribution in [3.8, 4) is 22.7 Å². The summed E-state index contributed by atoms with van der Waals surface area (Å²) >= 11 is 0. The van der Waals surface area contributed by atoms with Crippen LogP contribution in [0, 0.1) is 18.6 Å². The topological polar surface area (TPSA) is 98.5 Å². The normalized spacial score (nSPS) is 16.4. The van der Waals surface area contributed by atoms with E-state index in [1.54, 1.807) is 31.2 Å². The van der Waals surface area contributed by atoms with Gasteiger partial charge in [-0.3, -0.25) is 14.9 Å². The average Bonchev–Trinajstić information content (AvgIpc) is 3.80. The van der Waals surface area contributed by atoms with Crippen molar-refractivity contribution in [1.29, 1.82) is 0 Å². The summed E-state index contributed by atoms with van der Waals surface area (Å²) in [5.74, 6) is -0.775. The number of ether oxygens (including phenoxy) is 2. The summed E-state index contributed by atoms with van der Waals surface area (Å²) in [7, 11) is 3.27. The second kappa shape index (κ2) is 14.1. The molecule has 1 fully saturated rings. The van der Waals surface area contributed by atoms with E-state index in [9.17, 15) is 13.6 Å². The van der Waals surface area contributed by atoms with Crippen molar-refractivity contribution >= 4 is 11.8 Å². The maximum atomic E-state index is 14.2. The molecular weight excluding hydrogens is 604 g/mol. The molecule has 2 atom stereocenters. The van der Waals surface area contributed by atoms with Gasteiger partial charge in [-0.2, -0.15) is 10.2 Å². The number of amides is 2. The highest BCUT2D eigenvalue weighted by atomic mass is 19.2. The maximum absolute atomic E-state index is 14.2. The fourth-order valence-corrected chi connectivity index (χ4v) is 5.99. The number of aromatic nitrogens is 4. The number of para-hydroxylation sites is 1. The smallest absolute Gasteiger partial charge is 0.320 e. The quantitative estimate of drug-likeness (QED) is 0.195. The molecule has 12 heteroatoms. The van der Waals surface area contributed by atoms with Crippen molar-refractivity contribution < 1.29 is 23.0 Å². The summed E-state index contributed by atoms with van der Waals surface area (Å²) in [5, 5.41) is 15.6. The number of halogens is 2. The number of hydrogen-bond donors (Lipinski definition) is 2. The molecule has 0 saturated carbocycles. The molecule has 2 aromatic heterocycles. The minimum Gasteiger partial charge on any atom is -0.497 e. The largest absolute Gasteiger partial charge is 0.497 e. The standard InChI is InChI=1S/C35H37F2N7O3/c1-23-33(26-18-38-43(20-26)19-24-9-12-28(47-3)13-10-24)41-44(27-7-5-4-6-8-27)34(23)40-35(45)39-32-22-42(15-16-46-2)21-29(32)25-11-14-30(36)31(37)17-25/h4-14,17-18,20,29,32H,15-16,19,21-22H2,1-3H3,(H2,39,40,45). The van der Waals surface area contributed by atoms with Crippen molar-refractivity contribution in [2.75, 3.05) is 45.8 Å². The Morgan fingerprint density at radius 3 is 2.51 bits per heavy atom. The van der Waals surface area contributed by atoms with E-state index in [0.717, 1.165) is 34.2 Å². The Kier molecular flexibility index (Phi) is 9.60. The first-order valence-corrected chi connectivity index (χ1v) is 15.4. The zero-order valence-electron chi connectivity index (χ0n) is 26.5. The van der Waals surface area contributed by atoms with Gasteiger partial charge in [0.2, 0.25) is 0 Å². The van der Waals surface area contributed by atoms with Gasteiger partial charge in [0.05, 0.1) is 38.2 Å². The van der Waals surface area contributed by atoms with Crippen LogP contribution in [0.2, 0.25) is 0 Å². The van der Waals surface area contributed by atoms with Crippen LogP contribution in [0.5, 0.6) is 5.75 Å². The van der Waals surface area contributed by atoms with Gasteiger partial charge in [-0.05, 0) is 54.4 Å². The predicted octanol–water partition coefficient (Wildman–Crippen LogP) is 5.62. The number of nitrogens with zero attached hydrogens (tertiary/aromatic N) is 5. The molecule has 1 aliphatic heterocycles. The first kappa shape index (κ1) is 31.9. The Balaban J connectivity index is 1.25. The SMILES string of the molecule is COCCN1CC(NC(=O)Nc2c(C)c(-c3cnn(Cc4ccc(OC)cc4)c3)nn2-c2ccccc2)C(c2ccc(F)c(F)c2)C1. The summed E-state index contributed by atoms with van der Waals surface area (Å²) in [6.45, 7) is 4.72. The van der Waals surface area contributed by atoms with Crippen LogP contribution in [-0.4, -0.2) is 77.0 Å². The molecule has 244 valence electrons. The summed E-state index contributed by atoms with van der Waals surface area (Å²) in [6, 6.07) is 20.5. The van der Waals surface area contributed by atoms with E-state index in [1.165, 1.54) is 6.07 Å². The molecule has 5 aromatic rings. The third-order valence-electron chi connectivity index (χ3n) is 8.46. The van der Waals surface area contributed by atoms with Crippen molar-refractivity contribution in [2.45, 2.75) is 25.4 Å². The number of likely N-dealkylation sites (tertiary alicyclic amines) is 1. The molecule has 6 rings (SSSR count). The lowest BCUT2D eigenvalue weighted by Gasteiger charge is -2.21. The number of hydrogen-bond acceptors (Lipinski definition) is 6. The van der Waals surface area contributed by atoms with Gasteiger partial charge >= 0.3 is 6.03 Å². The Bertz CT molecular complexity index is 1820. The van der Waals surface area contributed by atoms with Crippen LogP contribution < -0.4 is 15.4 Å². The number of rotatable bonds is 11. The van der Waals surface area contributed by atoms with E-state index in [1.807, 2.05) is 72.4 Å². The molecule has 3 aromatic carbocycles. The molecule has 0 bridgehead atoms. The van der Waals surface area contributed by atoms with Gasteiger partial charge in [0.25, 0.3) is 0 Å². The van der Waals surface area contributed by atoms with E-state index < -0.39 is 17.7 Å². The predicted molar refractivity (Wildman–Crippen MR) is 175 cm³/mol. The van der Waals surface area contributed by atoms with E-state index in [0.29, 0.717) is 49.9 Å². The summed E-state index contributed by atoms with van der Waals surface area (Å²) in [4.78, 5) is 15.8. The molecule has 0 spiro atoms. The van der Waals surface area contributed by atoms with Crippen LogP contribution in [0.25, 0.3) is 16.9 Å². The molecule has 0 radical (unpaired) electrons. The van der Waals surface area contributed by atoms with Crippen LogP contribution in [0.1, 0.15) is 22.6 Å². The monoisotopic (exact) mass is 641 g/mol. The lowest BCUT2D eigenvalue weighted by Crippen LogP contribution is -2.42. The maximum Gasteiger partial charge on any atom is 0.320 e. The minimum atomic E-state index is -0.914. The minimum absolute atomic E-state index is 0.250. The highest BCUT2D eigenvalue weighted by molar-refractivity contribution is 5.91. The van der Waals surface area contributed by atoms with E-state index in [2.05, 4.69) is 20.6 Å². The number of nitrogens with one attached hydrogen (secondary N) is 2. The lowest BCUT2D eigenvalue weighted by atomic mass is 9.94. The van der Waals surface area contributed by atoms with Gasteiger partial charge in [-0.15, -0.1) is 0 Å². The molecule has 1 aliphatic rings. The van der Waals surface area contributed by atoms with E-state index in [-0.39, 0.29) is 12.0 Å². The molecule has 2 amide bonds. The van der Waals surface area contributed by atoms with Gasteiger partial charge in [0.15, 0.2) is 11.6 Å². The van der Waals surface area contributed by atoms with E-state index >= 15 is 0 Å². The molecular formula is C35H37F2N7O3. The molecule has 2 N–H and O–H groups in total. The zero-order valence-corrected chi connectivity index (χ0v) is 26.5. The number of anilines is 1. The number of methoxy groups -OCH3 is 2. The number of carbonyl (C=O) groups excluding carboxylic acids is 1. The fraction of sp³-hybridized carbons (Fsp3) is 0.286. The molecule has 0 aliphatic carbocycles. The number of benzene rings is 3. The molecule has 2 unspecified atom stereocenters. The highest BCUT2D eigenvalue weighted by Crippen LogP contribution is 2.32. The number of carbonyl (C=O) groups is 1. The van der Waals surface area contributed by atoms with Crippen LogP contribution >= 0.6 is 0 Å². The van der Waals surface area contributed by atoms with Crippen LogP contribution in [-0.2, 0) is 11.3 Å². The van der Waals surface area contributed by atoms with Crippen molar-refractivity contribution in [2.24, 2.45) is 0 Å². The van der Waals surface area contributed by atoms with Crippen LogP contribution in [0.4, 0.5) is 19.4 Å². The van der Waals surface area contributed by atoms with Crippen molar-refractivity contribution in [1.82, 2.24) is 29.8 Å². The molecule has 47 heavy (non-hydrogen) atoms. The summed E-state index contributed by atoms with van der Waals surface area (Å²) < 4.78 is 42.0. The Labute approximate surface area is 271 Å². The first-order valence-electron chi connectivity index (χ1n) is 15.4. The van der Waals surface area contributed by atoms with Gasteiger partial charge in [-0.25, -0.2) is 18.3 Å². The fourth-order valence-electron chi connectivity index (χ4n) is 5.99. The van der Waals surface area contributed by atoms with Gasteiger partial charge < -0.3 is 14.8 Å². The Hall–Kier alpha value is -5.07. The van der Waals surface area contributed by atoms with Crippen LogP contribution in [0.15, 0.2) is 85.2 Å². The average molecular weight is 642 g/mol.